The molecular formula is C20H32O3. The maximum absolute atomic E-state index is 10.9. The molecule has 0 aliphatic heterocycles. The largest absolute Gasteiger partial charge is 0.388 e. The molecule has 2 atom stereocenters. The predicted molar refractivity (Wildman–Crippen MR) is 94.1 cm³/mol. The molecule has 0 fully saturated rings. The molecule has 0 amide bonds. The third-order valence-corrected chi connectivity index (χ3v) is 4.25. The summed E-state index contributed by atoms with van der Waals surface area (Å²) < 4.78 is 0. The Bertz CT molecular complexity index is 483. The molecule has 0 spiro atoms. The second-order valence-electron chi connectivity index (χ2n) is 8.44. The Balaban J connectivity index is 2.60. The maximum atomic E-state index is 10.9. The lowest BCUT2D eigenvalue weighted by molar-refractivity contribution is -0.115. The average Bonchev–Trinajstić information content (AvgIpc) is 2.50. The first kappa shape index (κ1) is 19.9. The quantitative estimate of drug-likeness (QED) is 0.689. The summed E-state index contributed by atoms with van der Waals surface area (Å²) in [4.78, 5) is 10.9. The molecule has 130 valence electrons. The number of benzene rings is 1. The van der Waals surface area contributed by atoms with Crippen molar-refractivity contribution < 1.29 is 15.0 Å². The highest BCUT2D eigenvalue weighted by molar-refractivity contribution is 5.57. The van der Waals surface area contributed by atoms with E-state index in [1.54, 1.807) is 0 Å². The van der Waals surface area contributed by atoms with Gasteiger partial charge in [0.2, 0.25) is 0 Å². The summed E-state index contributed by atoms with van der Waals surface area (Å²) in [6.45, 7) is 10.3. The van der Waals surface area contributed by atoms with Gasteiger partial charge in [-0.3, -0.25) is 0 Å². The van der Waals surface area contributed by atoms with Gasteiger partial charge in [-0.05, 0) is 42.2 Å². The molecule has 1 aromatic rings. The number of aldehydes is 1. The fourth-order valence-corrected chi connectivity index (χ4v) is 2.41. The van der Waals surface area contributed by atoms with Crippen molar-refractivity contribution in [1.29, 1.82) is 0 Å². The first-order chi connectivity index (χ1) is 10.5. The number of aliphatic hydroxyl groups excluding tert-OH is 2. The molecule has 0 aliphatic carbocycles. The number of hydrogen-bond acceptors (Lipinski definition) is 3. The predicted octanol–water partition coefficient (Wildman–Crippen LogP) is 4.59. The molecule has 0 heterocycles. The maximum Gasteiger partial charge on any atom is 0.125 e. The minimum Gasteiger partial charge on any atom is -0.388 e. The highest BCUT2D eigenvalue weighted by Crippen LogP contribution is 2.29. The molecule has 0 bridgehead atoms. The van der Waals surface area contributed by atoms with E-state index in [0.717, 1.165) is 30.3 Å². The molecule has 0 radical (unpaired) electrons. The highest BCUT2D eigenvalue weighted by atomic mass is 16.3. The summed E-state index contributed by atoms with van der Waals surface area (Å²) in [7, 11) is 0. The number of carbonyl (C=O) groups excluding carboxylic acids is 1. The molecule has 1 rings (SSSR count). The van der Waals surface area contributed by atoms with Gasteiger partial charge in [-0.2, -0.15) is 0 Å². The van der Waals surface area contributed by atoms with E-state index < -0.39 is 17.6 Å². The zero-order chi connectivity index (χ0) is 17.7. The Labute approximate surface area is 140 Å². The molecule has 0 aromatic heterocycles. The third-order valence-electron chi connectivity index (χ3n) is 4.25. The number of hydrogen-bond donors (Lipinski definition) is 2. The lowest BCUT2D eigenvalue weighted by atomic mass is 9.86. The minimum atomic E-state index is -0.574. The van der Waals surface area contributed by atoms with Crippen molar-refractivity contribution in [2.45, 2.75) is 72.5 Å². The van der Waals surface area contributed by atoms with E-state index in [-0.39, 0.29) is 5.41 Å². The van der Waals surface area contributed by atoms with Crippen molar-refractivity contribution in [3.8, 4) is 0 Å². The Kier molecular flexibility index (Phi) is 6.97. The second kappa shape index (κ2) is 8.07. The SMILES string of the molecule is CC(C)(C)CCC(O)c1ccc(C(O)CCC(C)(C)C=O)cc1. The molecule has 1 aromatic carbocycles. The second-order valence-corrected chi connectivity index (χ2v) is 8.44. The molecule has 0 saturated heterocycles. The van der Waals surface area contributed by atoms with E-state index in [1.165, 1.54) is 0 Å². The summed E-state index contributed by atoms with van der Waals surface area (Å²) in [6.07, 6.45) is 2.79. The van der Waals surface area contributed by atoms with Gasteiger partial charge in [-0.1, -0.05) is 58.9 Å². The molecule has 23 heavy (non-hydrogen) atoms. The fourth-order valence-electron chi connectivity index (χ4n) is 2.41. The van der Waals surface area contributed by atoms with Gasteiger partial charge in [-0.25, -0.2) is 0 Å². The van der Waals surface area contributed by atoms with Gasteiger partial charge in [0.25, 0.3) is 0 Å². The summed E-state index contributed by atoms with van der Waals surface area (Å²) in [6, 6.07) is 7.51. The molecule has 3 nitrogen and oxygen atoms in total. The van der Waals surface area contributed by atoms with Crippen molar-refractivity contribution in [1.82, 2.24) is 0 Å². The van der Waals surface area contributed by atoms with Crippen molar-refractivity contribution in [2.24, 2.45) is 10.8 Å². The van der Waals surface area contributed by atoms with Crippen LogP contribution >= 0.6 is 0 Å². The summed E-state index contributed by atoms with van der Waals surface area (Å²) in [5.41, 5.74) is 1.53. The number of aliphatic hydroxyl groups is 2. The van der Waals surface area contributed by atoms with Crippen molar-refractivity contribution >= 4 is 6.29 Å². The van der Waals surface area contributed by atoms with E-state index in [2.05, 4.69) is 20.8 Å². The Morgan fingerprint density at radius 1 is 0.870 bits per heavy atom. The van der Waals surface area contributed by atoms with Crippen molar-refractivity contribution in [3.05, 3.63) is 35.4 Å². The van der Waals surface area contributed by atoms with Gasteiger partial charge in [0.05, 0.1) is 12.2 Å². The lowest BCUT2D eigenvalue weighted by Crippen LogP contribution is -2.14. The highest BCUT2D eigenvalue weighted by Gasteiger charge is 2.19. The van der Waals surface area contributed by atoms with Gasteiger partial charge in [0.1, 0.15) is 6.29 Å². The van der Waals surface area contributed by atoms with Crippen molar-refractivity contribution in [3.63, 3.8) is 0 Å². The van der Waals surface area contributed by atoms with Crippen LogP contribution in [0.2, 0.25) is 0 Å². The van der Waals surface area contributed by atoms with E-state index in [0.29, 0.717) is 12.8 Å². The summed E-state index contributed by atoms with van der Waals surface area (Å²) >= 11 is 0. The fraction of sp³-hybridized carbons (Fsp3) is 0.650. The van der Waals surface area contributed by atoms with Gasteiger partial charge < -0.3 is 15.0 Å². The summed E-state index contributed by atoms with van der Waals surface area (Å²) in [5, 5.41) is 20.5. The van der Waals surface area contributed by atoms with Crippen LogP contribution in [0.4, 0.5) is 0 Å². The van der Waals surface area contributed by atoms with Gasteiger partial charge in [0.15, 0.2) is 0 Å². The molecule has 2 N–H and O–H groups in total. The minimum absolute atomic E-state index is 0.211. The summed E-state index contributed by atoms with van der Waals surface area (Å²) in [5.74, 6) is 0. The van der Waals surface area contributed by atoms with Crippen LogP contribution < -0.4 is 0 Å². The Morgan fingerprint density at radius 3 is 1.61 bits per heavy atom. The van der Waals surface area contributed by atoms with Crippen LogP contribution in [0.1, 0.15) is 83.6 Å². The first-order valence-electron chi connectivity index (χ1n) is 8.46. The normalized spacial score (nSPS) is 15.3. The van der Waals surface area contributed by atoms with Crippen LogP contribution in [0.15, 0.2) is 24.3 Å². The van der Waals surface area contributed by atoms with E-state index in [1.807, 2.05) is 38.1 Å². The molecule has 2 unspecified atom stereocenters. The van der Waals surface area contributed by atoms with Crippen LogP contribution in [-0.2, 0) is 4.79 Å². The lowest BCUT2D eigenvalue weighted by Gasteiger charge is -2.21. The molecule has 0 aliphatic rings. The van der Waals surface area contributed by atoms with Crippen LogP contribution in [0, 0.1) is 10.8 Å². The van der Waals surface area contributed by atoms with Crippen LogP contribution in [0.25, 0.3) is 0 Å². The van der Waals surface area contributed by atoms with E-state index in [4.69, 9.17) is 0 Å². The monoisotopic (exact) mass is 320 g/mol. The van der Waals surface area contributed by atoms with Crippen LogP contribution in [-0.4, -0.2) is 16.5 Å². The Morgan fingerprint density at radius 2 is 1.26 bits per heavy atom. The smallest absolute Gasteiger partial charge is 0.125 e. The van der Waals surface area contributed by atoms with Crippen LogP contribution in [0.3, 0.4) is 0 Å². The topological polar surface area (TPSA) is 57.5 Å². The van der Waals surface area contributed by atoms with Gasteiger partial charge >= 0.3 is 0 Å². The van der Waals surface area contributed by atoms with Gasteiger partial charge in [0, 0.05) is 5.41 Å². The average molecular weight is 320 g/mol. The van der Waals surface area contributed by atoms with E-state index in [9.17, 15) is 15.0 Å². The zero-order valence-corrected chi connectivity index (χ0v) is 15.2. The first-order valence-corrected chi connectivity index (χ1v) is 8.46. The zero-order valence-electron chi connectivity index (χ0n) is 15.2. The Hall–Kier alpha value is -1.19. The van der Waals surface area contributed by atoms with Gasteiger partial charge in [-0.15, -0.1) is 0 Å². The molecule has 0 saturated carbocycles. The number of carbonyl (C=O) groups is 1. The van der Waals surface area contributed by atoms with Crippen molar-refractivity contribution in [2.75, 3.05) is 0 Å². The number of rotatable bonds is 8. The molecule has 3 heteroatoms. The molecular weight excluding hydrogens is 288 g/mol. The van der Waals surface area contributed by atoms with E-state index >= 15 is 0 Å². The third kappa shape index (κ3) is 7.28. The van der Waals surface area contributed by atoms with Crippen LogP contribution in [0.5, 0.6) is 0 Å². The standard InChI is InChI=1S/C20H32O3/c1-19(2,3)12-10-17(22)15-6-8-16(9-7-15)18(23)11-13-20(4,5)14-21/h6-9,14,17-18,22-23H,10-13H2,1-5H3.